The Hall–Kier alpha value is -1.09. The van der Waals surface area contributed by atoms with Gasteiger partial charge in [-0.2, -0.15) is 0 Å². The lowest BCUT2D eigenvalue weighted by atomic mass is 10.0. The fourth-order valence-corrected chi connectivity index (χ4v) is 2.05. The third-order valence-corrected chi connectivity index (χ3v) is 3.19. The molecule has 0 amide bonds. The van der Waals surface area contributed by atoms with Crippen LogP contribution in [-0.4, -0.2) is 19.2 Å². The summed E-state index contributed by atoms with van der Waals surface area (Å²) in [6, 6.07) is 5.91. The molecule has 1 fully saturated rings. The molecule has 2 nitrogen and oxygen atoms in total. The molecule has 1 aliphatic rings. The van der Waals surface area contributed by atoms with E-state index < -0.39 is 0 Å². The second kappa shape index (κ2) is 5.50. The summed E-state index contributed by atoms with van der Waals surface area (Å²) in [5, 5.41) is 3.54. The van der Waals surface area contributed by atoms with Gasteiger partial charge in [0.1, 0.15) is 11.6 Å². The van der Waals surface area contributed by atoms with Crippen LogP contribution < -0.4 is 10.1 Å². The topological polar surface area (TPSA) is 21.3 Å². The van der Waals surface area contributed by atoms with Crippen molar-refractivity contribution in [3.05, 3.63) is 29.6 Å². The van der Waals surface area contributed by atoms with Crippen LogP contribution in [0.5, 0.6) is 5.75 Å². The monoisotopic (exact) mass is 237 g/mol. The van der Waals surface area contributed by atoms with Gasteiger partial charge in [-0.05, 0) is 56.4 Å². The van der Waals surface area contributed by atoms with Gasteiger partial charge in [0.05, 0.1) is 7.11 Å². The van der Waals surface area contributed by atoms with Crippen LogP contribution >= 0.6 is 0 Å². The van der Waals surface area contributed by atoms with Gasteiger partial charge in [-0.15, -0.1) is 0 Å². The molecule has 1 aromatic rings. The molecular weight excluding hydrogens is 217 g/mol. The molecule has 0 aromatic heterocycles. The van der Waals surface area contributed by atoms with Gasteiger partial charge in [0.25, 0.3) is 0 Å². The molecule has 17 heavy (non-hydrogen) atoms. The van der Waals surface area contributed by atoms with Crippen LogP contribution in [0.4, 0.5) is 4.39 Å². The van der Waals surface area contributed by atoms with Gasteiger partial charge in [-0.1, -0.05) is 0 Å². The van der Waals surface area contributed by atoms with Gasteiger partial charge < -0.3 is 10.1 Å². The summed E-state index contributed by atoms with van der Waals surface area (Å²) in [4.78, 5) is 0. The van der Waals surface area contributed by atoms with Crippen molar-refractivity contribution in [2.24, 2.45) is 0 Å². The van der Waals surface area contributed by atoms with E-state index in [0.717, 1.165) is 30.2 Å². The number of halogens is 1. The highest BCUT2D eigenvalue weighted by molar-refractivity contribution is 5.34. The number of hydrogen-bond donors (Lipinski definition) is 1. The van der Waals surface area contributed by atoms with E-state index in [2.05, 4.69) is 12.2 Å². The molecule has 1 saturated carbocycles. The predicted octanol–water partition coefficient (Wildman–Crippen LogP) is 2.91. The quantitative estimate of drug-likeness (QED) is 0.821. The molecule has 1 N–H and O–H groups in total. The number of aryl methyl sites for hydroxylation is 1. The van der Waals surface area contributed by atoms with Crippen LogP contribution in [0.1, 0.15) is 31.7 Å². The van der Waals surface area contributed by atoms with Crippen molar-refractivity contribution in [1.82, 2.24) is 5.32 Å². The minimum atomic E-state index is -0.191. The lowest BCUT2D eigenvalue weighted by Gasteiger charge is -2.14. The van der Waals surface area contributed by atoms with E-state index in [4.69, 9.17) is 4.74 Å². The first-order valence-electron chi connectivity index (χ1n) is 6.27. The Morgan fingerprint density at radius 1 is 1.47 bits per heavy atom. The molecule has 1 unspecified atom stereocenters. The van der Waals surface area contributed by atoms with Gasteiger partial charge in [-0.25, -0.2) is 4.39 Å². The largest absolute Gasteiger partial charge is 0.496 e. The standard InChI is InChI=1S/C14H20FNO/c1-10(16-13-6-7-13)3-4-11-9-12(15)5-8-14(11)17-2/h5,8-10,13,16H,3-4,6-7H2,1-2H3. The second-order valence-corrected chi connectivity index (χ2v) is 4.84. The fraction of sp³-hybridized carbons (Fsp3) is 0.571. The summed E-state index contributed by atoms with van der Waals surface area (Å²) in [5.74, 6) is 0.591. The first-order valence-corrected chi connectivity index (χ1v) is 6.27. The second-order valence-electron chi connectivity index (χ2n) is 4.84. The minimum absolute atomic E-state index is 0.191. The molecule has 0 bridgehead atoms. The van der Waals surface area contributed by atoms with E-state index >= 15 is 0 Å². The molecule has 2 rings (SSSR count). The molecule has 1 atom stereocenters. The Labute approximate surface area is 102 Å². The molecule has 0 saturated heterocycles. The van der Waals surface area contributed by atoms with E-state index in [0.29, 0.717) is 6.04 Å². The van der Waals surface area contributed by atoms with Crippen molar-refractivity contribution >= 4 is 0 Å². The van der Waals surface area contributed by atoms with Gasteiger partial charge in [0.15, 0.2) is 0 Å². The van der Waals surface area contributed by atoms with Crippen molar-refractivity contribution in [1.29, 1.82) is 0 Å². The molecule has 0 spiro atoms. The van der Waals surface area contributed by atoms with E-state index in [1.54, 1.807) is 19.2 Å². The SMILES string of the molecule is COc1ccc(F)cc1CCC(C)NC1CC1. The lowest BCUT2D eigenvalue weighted by molar-refractivity contribution is 0.405. The van der Waals surface area contributed by atoms with Gasteiger partial charge in [-0.3, -0.25) is 0 Å². The average Bonchev–Trinajstić information content (AvgIpc) is 3.10. The van der Waals surface area contributed by atoms with Crippen molar-refractivity contribution in [2.45, 2.75) is 44.7 Å². The van der Waals surface area contributed by atoms with Crippen LogP contribution in [0, 0.1) is 5.82 Å². The van der Waals surface area contributed by atoms with Crippen molar-refractivity contribution in [3.8, 4) is 5.75 Å². The molecule has 0 heterocycles. The van der Waals surface area contributed by atoms with Crippen LogP contribution in [0.3, 0.4) is 0 Å². The first-order chi connectivity index (χ1) is 8.19. The molecule has 0 radical (unpaired) electrons. The van der Waals surface area contributed by atoms with Crippen molar-refractivity contribution in [3.63, 3.8) is 0 Å². The number of nitrogens with one attached hydrogen (secondary N) is 1. The van der Waals surface area contributed by atoms with E-state index in [1.807, 2.05) is 0 Å². The Kier molecular flexibility index (Phi) is 4.00. The van der Waals surface area contributed by atoms with Crippen LogP contribution in [-0.2, 0) is 6.42 Å². The maximum Gasteiger partial charge on any atom is 0.123 e. The number of benzene rings is 1. The predicted molar refractivity (Wildman–Crippen MR) is 66.9 cm³/mol. The summed E-state index contributed by atoms with van der Waals surface area (Å²) < 4.78 is 18.4. The molecule has 1 aromatic carbocycles. The first kappa shape index (κ1) is 12.4. The van der Waals surface area contributed by atoms with Crippen LogP contribution in [0.15, 0.2) is 18.2 Å². The summed E-state index contributed by atoms with van der Waals surface area (Å²) in [6.45, 7) is 2.18. The zero-order chi connectivity index (χ0) is 12.3. The van der Waals surface area contributed by atoms with E-state index in [-0.39, 0.29) is 5.82 Å². The normalized spacial score (nSPS) is 16.9. The van der Waals surface area contributed by atoms with E-state index in [1.165, 1.54) is 18.9 Å². The maximum absolute atomic E-state index is 13.2. The average molecular weight is 237 g/mol. The van der Waals surface area contributed by atoms with Crippen LogP contribution in [0.25, 0.3) is 0 Å². The maximum atomic E-state index is 13.2. The lowest BCUT2D eigenvalue weighted by Crippen LogP contribution is -2.28. The smallest absolute Gasteiger partial charge is 0.123 e. The van der Waals surface area contributed by atoms with E-state index in [9.17, 15) is 4.39 Å². The molecular formula is C14H20FNO. The Morgan fingerprint density at radius 2 is 2.24 bits per heavy atom. The third-order valence-electron chi connectivity index (χ3n) is 3.19. The highest BCUT2D eigenvalue weighted by atomic mass is 19.1. The van der Waals surface area contributed by atoms with Crippen LogP contribution in [0.2, 0.25) is 0 Å². The van der Waals surface area contributed by atoms with Gasteiger partial charge in [0.2, 0.25) is 0 Å². The number of hydrogen-bond acceptors (Lipinski definition) is 2. The number of rotatable bonds is 6. The molecule has 3 heteroatoms. The highest BCUT2D eigenvalue weighted by Gasteiger charge is 2.22. The summed E-state index contributed by atoms with van der Waals surface area (Å²) in [6.07, 6.45) is 4.46. The Balaban J connectivity index is 1.89. The molecule has 0 aliphatic heterocycles. The fourth-order valence-electron chi connectivity index (χ4n) is 2.05. The van der Waals surface area contributed by atoms with Gasteiger partial charge in [0, 0.05) is 12.1 Å². The number of ether oxygens (including phenoxy) is 1. The molecule has 94 valence electrons. The highest BCUT2D eigenvalue weighted by Crippen LogP contribution is 2.23. The third kappa shape index (κ3) is 3.70. The summed E-state index contributed by atoms with van der Waals surface area (Å²) >= 11 is 0. The van der Waals surface area contributed by atoms with Crippen molar-refractivity contribution < 1.29 is 9.13 Å². The summed E-state index contributed by atoms with van der Waals surface area (Å²) in [7, 11) is 1.63. The minimum Gasteiger partial charge on any atom is -0.496 e. The zero-order valence-corrected chi connectivity index (χ0v) is 10.5. The Bertz CT molecular complexity index is 376. The summed E-state index contributed by atoms with van der Waals surface area (Å²) in [5.41, 5.74) is 0.956. The van der Waals surface area contributed by atoms with Gasteiger partial charge >= 0.3 is 0 Å². The number of methoxy groups -OCH3 is 1. The Morgan fingerprint density at radius 3 is 2.88 bits per heavy atom. The molecule has 1 aliphatic carbocycles. The van der Waals surface area contributed by atoms with Crippen molar-refractivity contribution in [2.75, 3.05) is 7.11 Å². The zero-order valence-electron chi connectivity index (χ0n) is 10.5.